The zero-order chi connectivity index (χ0) is 17.4. The van der Waals surface area contributed by atoms with E-state index >= 15 is 0 Å². The molecule has 11 heteroatoms. The van der Waals surface area contributed by atoms with E-state index in [1.54, 1.807) is 0 Å². The predicted octanol–water partition coefficient (Wildman–Crippen LogP) is 1.50. The number of hydrogen-bond acceptors (Lipinski definition) is 6. The maximum atomic E-state index is 13.1. The van der Waals surface area contributed by atoms with E-state index in [0.717, 1.165) is 0 Å². The number of carbonyl (C=O) groups excluding carboxylic acids is 1. The quantitative estimate of drug-likeness (QED) is 0.623. The summed E-state index contributed by atoms with van der Waals surface area (Å²) in [5.41, 5.74) is 9.02. The number of amides is 1. The number of hydrogen-bond donors (Lipinski definition) is 4. The molecule has 1 amide bonds. The standard InChI is InChI=1S/C12H11BrF3N5O2/c13-6-7(19-1-2-22)4-3-5(10(18)23)9(17)21-11(4)20-8(6)12(14,15)16/h3,22H,1-2H2,(H2,18,23)(H3,17,19,20,21). The van der Waals surface area contributed by atoms with Gasteiger partial charge < -0.3 is 21.9 Å². The SMILES string of the molecule is NC(=O)c1cc2c(NCCO)c(Br)c(C(F)(F)F)nc2nc1N. The van der Waals surface area contributed by atoms with Gasteiger partial charge in [-0.1, -0.05) is 0 Å². The topological polar surface area (TPSA) is 127 Å². The minimum absolute atomic E-state index is 0.0219. The number of nitrogens with two attached hydrogens (primary N) is 2. The molecule has 0 spiro atoms. The molecule has 2 rings (SSSR count). The Balaban J connectivity index is 2.84. The van der Waals surface area contributed by atoms with Crippen LogP contribution in [0.25, 0.3) is 11.0 Å². The van der Waals surface area contributed by atoms with E-state index < -0.39 is 17.8 Å². The van der Waals surface area contributed by atoms with Crippen molar-refractivity contribution in [2.24, 2.45) is 5.73 Å². The third-order valence-electron chi connectivity index (χ3n) is 2.89. The highest BCUT2D eigenvalue weighted by Gasteiger charge is 2.37. The number of anilines is 2. The smallest absolute Gasteiger partial charge is 0.395 e. The molecule has 0 aliphatic heterocycles. The van der Waals surface area contributed by atoms with Gasteiger partial charge in [-0.05, 0) is 22.0 Å². The minimum atomic E-state index is -4.73. The molecule has 2 aromatic rings. The van der Waals surface area contributed by atoms with Gasteiger partial charge in [-0.3, -0.25) is 4.79 Å². The second-order valence-corrected chi connectivity index (χ2v) is 5.25. The van der Waals surface area contributed by atoms with Crippen molar-refractivity contribution in [2.45, 2.75) is 6.18 Å². The number of aliphatic hydroxyl groups excluding tert-OH is 1. The molecular formula is C12H11BrF3N5O2. The first-order valence-electron chi connectivity index (χ1n) is 6.18. The van der Waals surface area contributed by atoms with Crippen LogP contribution in [0.3, 0.4) is 0 Å². The number of nitrogens with one attached hydrogen (secondary N) is 1. The molecule has 23 heavy (non-hydrogen) atoms. The second-order valence-electron chi connectivity index (χ2n) is 4.45. The van der Waals surface area contributed by atoms with Crippen LogP contribution in [0.15, 0.2) is 10.5 Å². The van der Waals surface area contributed by atoms with Crippen LogP contribution >= 0.6 is 15.9 Å². The van der Waals surface area contributed by atoms with Crippen molar-refractivity contribution < 1.29 is 23.1 Å². The summed E-state index contributed by atoms with van der Waals surface area (Å²) in [4.78, 5) is 18.5. The molecule has 0 radical (unpaired) electrons. The van der Waals surface area contributed by atoms with E-state index in [4.69, 9.17) is 16.6 Å². The molecule has 2 aromatic heterocycles. The van der Waals surface area contributed by atoms with Gasteiger partial charge in [0.25, 0.3) is 5.91 Å². The average molecular weight is 394 g/mol. The molecule has 6 N–H and O–H groups in total. The lowest BCUT2D eigenvalue weighted by Crippen LogP contribution is -2.17. The first-order valence-corrected chi connectivity index (χ1v) is 6.97. The minimum Gasteiger partial charge on any atom is -0.395 e. The number of rotatable bonds is 4. The zero-order valence-electron chi connectivity index (χ0n) is 11.4. The Bertz CT molecular complexity index is 782. The van der Waals surface area contributed by atoms with Crippen molar-refractivity contribution in [1.29, 1.82) is 0 Å². The molecule has 0 aliphatic rings. The van der Waals surface area contributed by atoms with Gasteiger partial charge in [0.15, 0.2) is 11.3 Å². The molecule has 124 valence electrons. The van der Waals surface area contributed by atoms with Crippen molar-refractivity contribution in [2.75, 3.05) is 24.2 Å². The molecule has 2 heterocycles. The number of primary amides is 1. The van der Waals surface area contributed by atoms with Gasteiger partial charge >= 0.3 is 6.18 Å². The molecular weight excluding hydrogens is 383 g/mol. The van der Waals surface area contributed by atoms with Crippen LogP contribution in [0, 0.1) is 0 Å². The molecule has 0 aliphatic carbocycles. The maximum Gasteiger partial charge on any atom is 0.434 e. The van der Waals surface area contributed by atoms with Gasteiger partial charge in [-0.15, -0.1) is 0 Å². The largest absolute Gasteiger partial charge is 0.434 e. The summed E-state index contributed by atoms with van der Waals surface area (Å²) in [6.45, 7) is -0.339. The van der Waals surface area contributed by atoms with Gasteiger partial charge in [0.05, 0.1) is 22.3 Å². The Morgan fingerprint density at radius 3 is 2.57 bits per heavy atom. The maximum absolute atomic E-state index is 13.1. The number of halogens is 4. The zero-order valence-corrected chi connectivity index (χ0v) is 13.0. The Morgan fingerprint density at radius 2 is 2.04 bits per heavy atom. The normalized spacial score (nSPS) is 11.7. The van der Waals surface area contributed by atoms with Crippen LogP contribution in [-0.4, -0.2) is 34.1 Å². The number of fused-ring (bicyclic) bond motifs is 1. The highest BCUT2D eigenvalue weighted by Crippen LogP contribution is 2.40. The van der Waals surface area contributed by atoms with Gasteiger partial charge in [0.2, 0.25) is 0 Å². The van der Waals surface area contributed by atoms with Crippen molar-refractivity contribution in [3.8, 4) is 0 Å². The molecule has 0 saturated carbocycles. The lowest BCUT2D eigenvalue weighted by molar-refractivity contribution is -0.141. The Kier molecular flexibility index (Phi) is 4.61. The highest BCUT2D eigenvalue weighted by atomic mass is 79.9. The van der Waals surface area contributed by atoms with E-state index in [9.17, 15) is 18.0 Å². The fourth-order valence-electron chi connectivity index (χ4n) is 1.92. The molecule has 0 aromatic carbocycles. The van der Waals surface area contributed by atoms with Crippen LogP contribution in [0.2, 0.25) is 0 Å². The van der Waals surface area contributed by atoms with Crippen LogP contribution in [0.4, 0.5) is 24.7 Å². The fraction of sp³-hybridized carbons (Fsp3) is 0.250. The molecule has 0 saturated heterocycles. The van der Waals surface area contributed by atoms with Crippen molar-refractivity contribution in [3.63, 3.8) is 0 Å². The Hall–Kier alpha value is -2.14. The number of aliphatic hydroxyl groups is 1. The lowest BCUT2D eigenvalue weighted by atomic mass is 10.1. The van der Waals surface area contributed by atoms with Crippen molar-refractivity contribution in [3.05, 3.63) is 21.8 Å². The van der Waals surface area contributed by atoms with E-state index in [1.807, 2.05) is 0 Å². The fourth-order valence-corrected chi connectivity index (χ4v) is 2.58. The average Bonchev–Trinajstić information content (AvgIpc) is 2.44. The predicted molar refractivity (Wildman–Crippen MR) is 80.7 cm³/mol. The Labute approximate surface area is 136 Å². The summed E-state index contributed by atoms with van der Waals surface area (Å²) >= 11 is 2.85. The van der Waals surface area contributed by atoms with E-state index in [2.05, 4.69) is 31.2 Å². The number of pyridine rings is 2. The lowest BCUT2D eigenvalue weighted by Gasteiger charge is -2.16. The number of nitrogens with zero attached hydrogens (tertiary/aromatic N) is 2. The first-order chi connectivity index (χ1) is 10.7. The van der Waals surface area contributed by atoms with Crippen LogP contribution in [0.1, 0.15) is 16.1 Å². The molecule has 7 nitrogen and oxygen atoms in total. The Morgan fingerprint density at radius 1 is 1.39 bits per heavy atom. The molecule has 0 unspecified atom stereocenters. The van der Waals surface area contributed by atoms with Crippen molar-refractivity contribution >= 4 is 44.4 Å². The monoisotopic (exact) mass is 393 g/mol. The van der Waals surface area contributed by atoms with E-state index in [0.29, 0.717) is 0 Å². The molecule has 0 atom stereocenters. The third kappa shape index (κ3) is 3.29. The van der Waals surface area contributed by atoms with Crippen LogP contribution in [0.5, 0.6) is 0 Å². The van der Waals surface area contributed by atoms with Crippen molar-refractivity contribution in [1.82, 2.24) is 9.97 Å². The number of nitrogen functional groups attached to an aromatic ring is 1. The van der Waals surface area contributed by atoms with E-state index in [1.165, 1.54) is 6.07 Å². The van der Waals surface area contributed by atoms with Gasteiger partial charge in [-0.2, -0.15) is 13.2 Å². The third-order valence-corrected chi connectivity index (χ3v) is 3.67. The highest BCUT2D eigenvalue weighted by molar-refractivity contribution is 9.10. The summed E-state index contributed by atoms with van der Waals surface area (Å²) in [6, 6.07) is 1.21. The number of carbonyl (C=O) groups is 1. The first kappa shape index (κ1) is 17.2. The summed E-state index contributed by atoms with van der Waals surface area (Å²) in [5, 5.41) is 11.6. The van der Waals surface area contributed by atoms with Gasteiger partial charge in [0, 0.05) is 11.9 Å². The summed E-state index contributed by atoms with van der Waals surface area (Å²) in [6.07, 6.45) is -4.73. The molecule has 0 bridgehead atoms. The number of aromatic nitrogens is 2. The van der Waals surface area contributed by atoms with Crippen LogP contribution in [-0.2, 0) is 6.18 Å². The summed E-state index contributed by atoms with van der Waals surface area (Å²) in [5.74, 6) is -1.19. The van der Waals surface area contributed by atoms with E-state index in [-0.39, 0.29) is 45.7 Å². The van der Waals surface area contributed by atoms with Gasteiger partial charge in [-0.25, -0.2) is 9.97 Å². The van der Waals surface area contributed by atoms with Gasteiger partial charge in [0.1, 0.15) is 5.82 Å². The second kappa shape index (κ2) is 6.16. The summed E-state index contributed by atoms with van der Waals surface area (Å²) in [7, 11) is 0. The summed E-state index contributed by atoms with van der Waals surface area (Å²) < 4.78 is 38.9. The van der Waals surface area contributed by atoms with Crippen LogP contribution < -0.4 is 16.8 Å². The molecule has 0 fully saturated rings. The number of alkyl halides is 3.